The van der Waals surface area contributed by atoms with E-state index in [9.17, 15) is 4.79 Å². The van der Waals surface area contributed by atoms with Crippen LogP contribution in [0.1, 0.15) is 18.1 Å². The van der Waals surface area contributed by atoms with Gasteiger partial charge in [0.25, 0.3) is 0 Å². The number of methoxy groups -OCH3 is 3. The quantitative estimate of drug-likeness (QED) is 0.847. The van der Waals surface area contributed by atoms with Crippen LogP contribution >= 0.6 is 0 Å². The van der Waals surface area contributed by atoms with Crippen molar-refractivity contribution in [2.24, 2.45) is 0 Å². The summed E-state index contributed by atoms with van der Waals surface area (Å²) >= 11 is 0. The van der Waals surface area contributed by atoms with E-state index < -0.39 is 0 Å². The van der Waals surface area contributed by atoms with Gasteiger partial charge in [-0.05, 0) is 48.7 Å². The number of carbonyl (C=O) groups excluding carboxylic acids is 1. The lowest BCUT2D eigenvalue weighted by atomic mass is 9.97. The summed E-state index contributed by atoms with van der Waals surface area (Å²) in [5, 5.41) is 2.97. The van der Waals surface area contributed by atoms with Crippen molar-refractivity contribution in [1.82, 2.24) is 4.90 Å². The first-order valence-electron chi connectivity index (χ1n) is 8.99. The number of amides is 1. The summed E-state index contributed by atoms with van der Waals surface area (Å²) in [7, 11) is 4.87. The molecule has 1 aliphatic heterocycles. The van der Waals surface area contributed by atoms with Gasteiger partial charge in [0.05, 0.1) is 33.1 Å². The average Bonchev–Trinajstić information content (AvgIpc) is 2.71. The van der Waals surface area contributed by atoms with Gasteiger partial charge in [0, 0.05) is 13.1 Å². The van der Waals surface area contributed by atoms with Crippen LogP contribution in [0, 0.1) is 0 Å². The number of rotatable bonds is 6. The molecule has 1 aliphatic rings. The van der Waals surface area contributed by atoms with Crippen molar-refractivity contribution in [3.63, 3.8) is 0 Å². The van der Waals surface area contributed by atoms with E-state index in [0.717, 1.165) is 24.3 Å². The number of anilines is 1. The number of fused-ring (bicyclic) bond motifs is 1. The number of nitrogens with zero attached hydrogens (tertiary/aromatic N) is 1. The number of nitrogens with one attached hydrogen (secondary N) is 1. The zero-order valence-corrected chi connectivity index (χ0v) is 16.2. The first-order valence-corrected chi connectivity index (χ1v) is 8.99. The number of carbonyl (C=O) groups is 1. The third-order valence-electron chi connectivity index (χ3n) is 5.04. The molecule has 1 heterocycles. The molecule has 6 nitrogen and oxygen atoms in total. The Morgan fingerprint density at radius 2 is 1.63 bits per heavy atom. The highest BCUT2D eigenvalue weighted by Crippen LogP contribution is 2.33. The van der Waals surface area contributed by atoms with Gasteiger partial charge >= 0.3 is 0 Å². The van der Waals surface area contributed by atoms with Crippen molar-refractivity contribution in [2.75, 3.05) is 33.2 Å². The van der Waals surface area contributed by atoms with Crippen molar-refractivity contribution >= 4 is 11.6 Å². The highest BCUT2D eigenvalue weighted by atomic mass is 16.5. The van der Waals surface area contributed by atoms with Gasteiger partial charge in [0.2, 0.25) is 5.91 Å². The van der Waals surface area contributed by atoms with E-state index in [1.165, 1.54) is 5.56 Å². The first-order chi connectivity index (χ1) is 13.1. The molecule has 0 radical (unpaired) electrons. The molecule has 1 N–H and O–H groups in total. The zero-order valence-electron chi connectivity index (χ0n) is 16.2. The van der Waals surface area contributed by atoms with E-state index in [2.05, 4.69) is 10.2 Å². The fraction of sp³-hybridized carbons (Fsp3) is 0.381. The van der Waals surface area contributed by atoms with Crippen molar-refractivity contribution < 1.29 is 19.0 Å². The lowest BCUT2D eigenvalue weighted by molar-refractivity contribution is -0.121. The summed E-state index contributed by atoms with van der Waals surface area (Å²) in [4.78, 5) is 14.9. The molecular formula is C21H26N2O4. The minimum atomic E-state index is -0.267. The highest BCUT2D eigenvalue weighted by molar-refractivity contribution is 5.95. The molecule has 0 aliphatic carbocycles. The smallest absolute Gasteiger partial charge is 0.241 e. The second-order valence-electron chi connectivity index (χ2n) is 6.56. The van der Waals surface area contributed by atoms with Crippen LogP contribution in [-0.4, -0.2) is 44.7 Å². The first kappa shape index (κ1) is 19.0. The summed E-state index contributed by atoms with van der Waals surface area (Å²) in [5.74, 6) is 2.05. The van der Waals surface area contributed by atoms with E-state index in [4.69, 9.17) is 14.2 Å². The van der Waals surface area contributed by atoms with Gasteiger partial charge in [-0.3, -0.25) is 9.69 Å². The maximum Gasteiger partial charge on any atom is 0.241 e. The number of benzene rings is 2. The maximum absolute atomic E-state index is 12.8. The molecule has 0 bridgehead atoms. The Kier molecular flexibility index (Phi) is 5.86. The fourth-order valence-electron chi connectivity index (χ4n) is 3.39. The topological polar surface area (TPSA) is 60.0 Å². The van der Waals surface area contributed by atoms with Gasteiger partial charge in [-0.25, -0.2) is 0 Å². The normalized spacial score (nSPS) is 14.8. The van der Waals surface area contributed by atoms with Crippen LogP contribution in [0.15, 0.2) is 36.4 Å². The van der Waals surface area contributed by atoms with E-state index in [0.29, 0.717) is 23.7 Å². The van der Waals surface area contributed by atoms with Crippen LogP contribution < -0.4 is 19.5 Å². The molecule has 0 saturated heterocycles. The molecule has 3 rings (SSSR count). The molecule has 144 valence electrons. The molecule has 27 heavy (non-hydrogen) atoms. The summed E-state index contributed by atoms with van der Waals surface area (Å²) < 4.78 is 16.1. The van der Waals surface area contributed by atoms with Gasteiger partial charge in [-0.15, -0.1) is 0 Å². The number of para-hydroxylation sites is 2. The number of hydrogen-bond donors (Lipinski definition) is 1. The summed E-state index contributed by atoms with van der Waals surface area (Å²) in [6, 6.07) is 11.2. The molecular weight excluding hydrogens is 344 g/mol. The molecule has 1 atom stereocenters. The molecule has 1 unspecified atom stereocenters. The second-order valence-corrected chi connectivity index (χ2v) is 6.56. The molecule has 0 saturated carbocycles. The van der Waals surface area contributed by atoms with Crippen LogP contribution in [-0.2, 0) is 17.8 Å². The Morgan fingerprint density at radius 1 is 1.00 bits per heavy atom. The van der Waals surface area contributed by atoms with Gasteiger partial charge in [0.1, 0.15) is 5.75 Å². The van der Waals surface area contributed by atoms with Crippen molar-refractivity contribution in [1.29, 1.82) is 0 Å². The summed E-state index contributed by atoms with van der Waals surface area (Å²) in [5.41, 5.74) is 3.08. The van der Waals surface area contributed by atoms with Crippen molar-refractivity contribution in [2.45, 2.75) is 25.9 Å². The van der Waals surface area contributed by atoms with E-state index in [-0.39, 0.29) is 11.9 Å². The lowest BCUT2D eigenvalue weighted by Gasteiger charge is -2.33. The monoisotopic (exact) mass is 370 g/mol. The molecule has 0 fully saturated rings. The Hall–Kier alpha value is -2.73. The van der Waals surface area contributed by atoms with Gasteiger partial charge in [-0.1, -0.05) is 12.1 Å². The third-order valence-corrected chi connectivity index (χ3v) is 5.04. The minimum absolute atomic E-state index is 0.0524. The maximum atomic E-state index is 12.8. The van der Waals surface area contributed by atoms with E-state index >= 15 is 0 Å². The SMILES string of the molecule is COc1ccccc1NC(=O)C(C)N1CCc2cc(OC)c(OC)cc2C1. The standard InChI is InChI=1S/C21H26N2O4/c1-14(21(24)22-17-7-5-6-8-18(17)25-2)23-10-9-15-11-19(26-3)20(27-4)12-16(15)13-23/h5-8,11-12,14H,9-10,13H2,1-4H3,(H,22,24). The van der Waals surface area contributed by atoms with Crippen LogP contribution in [0.3, 0.4) is 0 Å². The van der Waals surface area contributed by atoms with Crippen LogP contribution in [0.25, 0.3) is 0 Å². The van der Waals surface area contributed by atoms with Gasteiger partial charge in [-0.2, -0.15) is 0 Å². The largest absolute Gasteiger partial charge is 0.495 e. The fourth-order valence-corrected chi connectivity index (χ4v) is 3.39. The van der Waals surface area contributed by atoms with E-state index in [1.807, 2.05) is 43.3 Å². The Morgan fingerprint density at radius 3 is 2.30 bits per heavy atom. The van der Waals surface area contributed by atoms with Gasteiger partial charge in [0.15, 0.2) is 11.5 Å². The van der Waals surface area contributed by atoms with Crippen LogP contribution in [0.2, 0.25) is 0 Å². The van der Waals surface area contributed by atoms with Crippen LogP contribution in [0.4, 0.5) is 5.69 Å². The Labute approximate surface area is 160 Å². The number of hydrogen-bond acceptors (Lipinski definition) is 5. The zero-order chi connectivity index (χ0) is 19.4. The molecule has 1 amide bonds. The van der Waals surface area contributed by atoms with Crippen molar-refractivity contribution in [3.05, 3.63) is 47.5 Å². The lowest BCUT2D eigenvalue weighted by Crippen LogP contribution is -2.44. The second kappa shape index (κ2) is 8.31. The Balaban J connectivity index is 1.73. The predicted octanol–water partition coefficient (Wildman–Crippen LogP) is 3.10. The number of ether oxygens (including phenoxy) is 3. The third kappa shape index (κ3) is 4.01. The average molecular weight is 370 g/mol. The van der Waals surface area contributed by atoms with E-state index in [1.54, 1.807) is 21.3 Å². The molecule has 0 spiro atoms. The predicted molar refractivity (Wildman–Crippen MR) is 105 cm³/mol. The summed E-state index contributed by atoms with van der Waals surface area (Å²) in [6.07, 6.45) is 0.863. The Bertz CT molecular complexity index is 822. The highest BCUT2D eigenvalue weighted by Gasteiger charge is 2.27. The molecule has 2 aromatic carbocycles. The summed E-state index contributed by atoms with van der Waals surface area (Å²) in [6.45, 7) is 3.43. The minimum Gasteiger partial charge on any atom is -0.495 e. The molecule has 0 aromatic heterocycles. The molecule has 2 aromatic rings. The van der Waals surface area contributed by atoms with Crippen molar-refractivity contribution in [3.8, 4) is 17.2 Å². The van der Waals surface area contributed by atoms with Crippen LogP contribution in [0.5, 0.6) is 17.2 Å². The molecule has 6 heteroatoms. The van der Waals surface area contributed by atoms with Gasteiger partial charge < -0.3 is 19.5 Å².